The standard InChI is InChI=1S/C29H20F6N2O6/c30-28(31,32)27(29(33,34)35,15-9-11-17(25(38)39)23(13-15)42-21-7-3-1-5-19(21)36)16-10-12-18(26(40)41)24(14-16)43-22-8-4-2-6-20(22)37/h1-14H,36-37H2,(H,38,39)(H,40,41). The number of hydrogen-bond acceptors (Lipinski definition) is 6. The number of nitrogen functional groups attached to an aromatic ring is 2. The van der Waals surface area contributed by atoms with Crippen molar-refractivity contribution in [3.05, 3.63) is 107 Å². The van der Waals surface area contributed by atoms with E-state index in [0.29, 0.717) is 36.4 Å². The van der Waals surface area contributed by atoms with E-state index < -0.39 is 63.5 Å². The fourth-order valence-corrected chi connectivity index (χ4v) is 4.40. The number of alkyl halides is 6. The molecule has 43 heavy (non-hydrogen) atoms. The van der Waals surface area contributed by atoms with Crippen molar-refractivity contribution in [2.24, 2.45) is 0 Å². The predicted octanol–water partition coefficient (Wildman–Crippen LogP) is 7.24. The molecule has 4 aromatic carbocycles. The van der Waals surface area contributed by atoms with E-state index in [1.807, 2.05) is 0 Å². The molecule has 0 amide bonds. The number of hydrogen-bond donors (Lipinski definition) is 4. The van der Waals surface area contributed by atoms with Gasteiger partial charge in [-0.25, -0.2) is 9.59 Å². The summed E-state index contributed by atoms with van der Waals surface area (Å²) in [4.78, 5) is 23.7. The van der Waals surface area contributed by atoms with Gasteiger partial charge in [-0.05, 0) is 59.7 Å². The van der Waals surface area contributed by atoms with Gasteiger partial charge in [-0.2, -0.15) is 26.3 Å². The van der Waals surface area contributed by atoms with Crippen LogP contribution in [0.3, 0.4) is 0 Å². The zero-order valence-electron chi connectivity index (χ0n) is 21.5. The molecule has 0 unspecified atom stereocenters. The fourth-order valence-electron chi connectivity index (χ4n) is 4.40. The number of carboxylic acids is 2. The van der Waals surface area contributed by atoms with Gasteiger partial charge >= 0.3 is 24.3 Å². The first-order valence-electron chi connectivity index (χ1n) is 12.0. The lowest BCUT2D eigenvalue weighted by Gasteiger charge is -2.38. The molecule has 0 atom stereocenters. The van der Waals surface area contributed by atoms with Gasteiger partial charge in [-0.15, -0.1) is 0 Å². The number of ether oxygens (including phenoxy) is 2. The number of para-hydroxylation sites is 4. The van der Waals surface area contributed by atoms with E-state index in [9.17, 15) is 46.1 Å². The molecule has 0 bridgehead atoms. The van der Waals surface area contributed by atoms with Crippen LogP contribution >= 0.6 is 0 Å². The van der Waals surface area contributed by atoms with Crippen molar-refractivity contribution in [1.29, 1.82) is 0 Å². The van der Waals surface area contributed by atoms with Crippen molar-refractivity contribution in [1.82, 2.24) is 0 Å². The second-order valence-electron chi connectivity index (χ2n) is 9.06. The van der Waals surface area contributed by atoms with Gasteiger partial charge in [0.25, 0.3) is 0 Å². The summed E-state index contributed by atoms with van der Waals surface area (Å²) >= 11 is 0. The molecular formula is C29H20F6N2O6. The number of carboxylic acid groups (broad SMARTS) is 2. The second kappa shape index (κ2) is 11.1. The summed E-state index contributed by atoms with van der Waals surface area (Å²) in [6.45, 7) is 0. The predicted molar refractivity (Wildman–Crippen MR) is 142 cm³/mol. The van der Waals surface area contributed by atoms with Crippen molar-refractivity contribution in [3.8, 4) is 23.0 Å². The molecule has 0 aliphatic carbocycles. The Labute approximate surface area is 238 Å². The van der Waals surface area contributed by atoms with Gasteiger partial charge in [0.15, 0.2) is 0 Å². The molecule has 0 spiro atoms. The van der Waals surface area contributed by atoms with E-state index in [4.69, 9.17) is 20.9 Å². The maximum Gasteiger partial charge on any atom is 0.411 e. The molecule has 0 fully saturated rings. The van der Waals surface area contributed by atoms with Crippen LogP contribution in [0, 0.1) is 0 Å². The minimum Gasteiger partial charge on any atom is -0.478 e. The lowest BCUT2D eigenvalue weighted by molar-refractivity contribution is -0.288. The number of carbonyl (C=O) groups is 2. The van der Waals surface area contributed by atoms with E-state index in [1.165, 1.54) is 48.5 Å². The lowest BCUT2D eigenvalue weighted by Crippen LogP contribution is -2.54. The van der Waals surface area contributed by atoms with Gasteiger partial charge in [0.2, 0.25) is 5.41 Å². The van der Waals surface area contributed by atoms with Crippen molar-refractivity contribution in [3.63, 3.8) is 0 Å². The summed E-state index contributed by atoms with van der Waals surface area (Å²) < 4.78 is 100. The molecule has 224 valence electrons. The Morgan fingerprint density at radius 2 is 0.907 bits per heavy atom. The molecule has 0 aromatic heterocycles. The second-order valence-corrected chi connectivity index (χ2v) is 9.06. The van der Waals surface area contributed by atoms with Gasteiger partial charge in [-0.1, -0.05) is 36.4 Å². The SMILES string of the molecule is Nc1ccccc1Oc1cc(C(c2ccc(C(=O)O)c(Oc3ccccc3N)c2)(C(F)(F)F)C(F)(F)F)ccc1C(=O)O. The number of anilines is 2. The summed E-state index contributed by atoms with van der Waals surface area (Å²) in [5.74, 6) is -5.60. The van der Waals surface area contributed by atoms with E-state index in [2.05, 4.69) is 0 Å². The molecule has 0 saturated carbocycles. The van der Waals surface area contributed by atoms with Crippen LogP contribution in [0.15, 0.2) is 84.9 Å². The zero-order chi connectivity index (χ0) is 31.7. The molecule has 14 heteroatoms. The smallest absolute Gasteiger partial charge is 0.411 e. The molecule has 8 nitrogen and oxygen atoms in total. The van der Waals surface area contributed by atoms with Crippen LogP contribution in [-0.4, -0.2) is 34.5 Å². The Bertz CT molecular complexity index is 1580. The van der Waals surface area contributed by atoms with Crippen LogP contribution in [0.2, 0.25) is 0 Å². The summed E-state index contributed by atoms with van der Waals surface area (Å²) in [7, 11) is 0. The number of aromatic carboxylic acids is 2. The van der Waals surface area contributed by atoms with Gasteiger partial charge in [0, 0.05) is 0 Å². The number of halogens is 6. The summed E-state index contributed by atoms with van der Waals surface area (Å²) in [6, 6.07) is 13.2. The van der Waals surface area contributed by atoms with Crippen LogP contribution in [0.4, 0.5) is 37.7 Å². The largest absolute Gasteiger partial charge is 0.478 e. The average molecular weight is 606 g/mol. The quantitative estimate of drug-likeness (QED) is 0.121. The number of rotatable bonds is 8. The van der Waals surface area contributed by atoms with Crippen LogP contribution in [0.1, 0.15) is 31.8 Å². The fraction of sp³-hybridized carbons (Fsp3) is 0.103. The van der Waals surface area contributed by atoms with Gasteiger partial charge in [0.05, 0.1) is 11.4 Å². The molecular weight excluding hydrogens is 586 g/mol. The van der Waals surface area contributed by atoms with E-state index >= 15 is 0 Å². The van der Waals surface area contributed by atoms with Crippen molar-refractivity contribution >= 4 is 23.3 Å². The van der Waals surface area contributed by atoms with E-state index in [1.54, 1.807) is 0 Å². The maximum absolute atomic E-state index is 14.9. The Kier molecular flexibility index (Phi) is 7.90. The van der Waals surface area contributed by atoms with Crippen LogP contribution in [0.5, 0.6) is 23.0 Å². The third-order valence-electron chi connectivity index (χ3n) is 6.42. The highest BCUT2D eigenvalue weighted by Crippen LogP contribution is 2.57. The molecule has 0 heterocycles. The molecule has 0 aliphatic heterocycles. The monoisotopic (exact) mass is 606 g/mol. The van der Waals surface area contributed by atoms with E-state index in [-0.39, 0.29) is 22.9 Å². The lowest BCUT2D eigenvalue weighted by atomic mass is 9.72. The Morgan fingerprint density at radius 1 is 0.558 bits per heavy atom. The third-order valence-corrected chi connectivity index (χ3v) is 6.42. The van der Waals surface area contributed by atoms with Crippen LogP contribution < -0.4 is 20.9 Å². The van der Waals surface area contributed by atoms with Gasteiger partial charge in [-0.3, -0.25) is 0 Å². The maximum atomic E-state index is 14.9. The molecule has 4 aromatic rings. The topological polar surface area (TPSA) is 145 Å². The first-order chi connectivity index (χ1) is 20.1. The van der Waals surface area contributed by atoms with Gasteiger partial charge in [0.1, 0.15) is 34.1 Å². The van der Waals surface area contributed by atoms with Crippen molar-refractivity contribution in [2.45, 2.75) is 17.8 Å². The summed E-state index contributed by atoms with van der Waals surface area (Å²) in [5.41, 5.74) is 2.11. The molecule has 0 aliphatic rings. The molecule has 6 N–H and O–H groups in total. The first kappa shape index (κ1) is 30.6. The summed E-state index contributed by atoms with van der Waals surface area (Å²) in [6.07, 6.45) is -12.2. The third kappa shape index (κ3) is 5.58. The highest BCUT2D eigenvalue weighted by Gasteiger charge is 2.72. The Hall–Kier alpha value is -5.40. The minimum absolute atomic E-state index is 0.0756. The highest BCUT2D eigenvalue weighted by molar-refractivity contribution is 5.92. The average Bonchev–Trinajstić information content (AvgIpc) is 2.90. The van der Waals surface area contributed by atoms with Crippen molar-refractivity contribution in [2.75, 3.05) is 11.5 Å². The Balaban J connectivity index is 2.03. The number of nitrogens with two attached hydrogens (primary N) is 2. The summed E-state index contributed by atoms with van der Waals surface area (Å²) in [5, 5.41) is 19.2. The minimum atomic E-state index is -6.12. The molecule has 0 saturated heterocycles. The van der Waals surface area contributed by atoms with E-state index in [0.717, 1.165) is 0 Å². The molecule has 0 radical (unpaired) electrons. The number of benzene rings is 4. The zero-order valence-corrected chi connectivity index (χ0v) is 21.5. The van der Waals surface area contributed by atoms with Crippen LogP contribution in [0.25, 0.3) is 0 Å². The normalized spacial score (nSPS) is 12.0. The molecule has 4 rings (SSSR count). The van der Waals surface area contributed by atoms with Gasteiger partial charge < -0.3 is 31.2 Å². The van der Waals surface area contributed by atoms with Crippen molar-refractivity contribution < 1.29 is 55.6 Å². The van der Waals surface area contributed by atoms with Crippen LogP contribution in [-0.2, 0) is 5.41 Å². The first-order valence-corrected chi connectivity index (χ1v) is 12.0. The highest BCUT2D eigenvalue weighted by atomic mass is 19.4. The Morgan fingerprint density at radius 3 is 1.21 bits per heavy atom.